The Morgan fingerprint density at radius 3 is 2.41 bits per heavy atom. The van der Waals surface area contributed by atoms with Gasteiger partial charge in [-0.3, -0.25) is 0 Å². The highest BCUT2D eigenvalue weighted by atomic mass is 16.5. The predicted octanol–water partition coefficient (Wildman–Crippen LogP) is 1.38. The monoisotopic (exact) mass is 233 g/mol. The van der Waals surface area contributed by atoms with Crippen LogP contribution in [0.5, 0.6) is 0 Å². The van der Waals surface area contributed by atoms with Gasteiger partial charge in [-0.05, 0) is 18.4 Å². The van der Waals surface area contributed by atoms with Crippen LogP contribution in [0, 0.1) is 0 Å². The van der Waals surface area contributed by atoms with Crippen molar-refractivity contribution in [2.75, 3.05) is 31.2 Å². The molecule has 0 aromatic carbocycles. The van der Waals surface area contributed by atoms with Gasteiger partial charge in [0.1, 0.15) is 5.76 Å². The first-order valence-corrected chi connectivity index (χ1v) is 5.91. The molecule has 0 unspecified atom stereocenters. The van der Waals surface area contributed by atoms with Crippen molar-refractivity contribution in [2.24, 2.45) is 0 Å². The zero-order chi connectivity index (χ0) is 11.7. The molecule has 5 heteroatoms. The average Bonchev–Trinajstić information content (AvgIpc) is 3.24. The van der Waals surface area contributed by atoms with Crippen molar-refractivity contribution >= 4 is 11.7 Å². The van der Waals surface area contributed by atoms with Gasteiger partial charge >= 0.3 is 0 Å². The van der Waals surface area contributed by atoms with Crippen LogP contribution in [0.3, 0.4) is 0 Å². The molecule has 3 rings (SSSR count). The van der Waals surface area contributed by atoms with Gasteiger partial charge in [-0.25, -0.2) is 9.97 Å². The number of aromatic nitrogens is 2. The molecule has 90 valence electrons. The number of morpholine rings is 1. The van der Waals surface area contributed by atoms with Gasteiger partial charge in [-0.2, -0.15) is 0 Å². The van der Waals surface area contributed by atoms with Gasteiger partial charge in [0.05, 0.1) is 18.8 Å². The lowest BCUT2D eigenvalue weighted by molar-refractivity contribution is 0.122. The van der Waals surface area contributed by atoms with Gasteiger partial charge in [0.2, 0.25) is 5.95 Å². The normalized spacial score (nSPS) is 19.3. The van der Waals surface area contributed by atoms with Crippen LogP contribution in [0.2, 0.25) is 0 Å². The van der Waals surface area contributed by atoms with Crippen LogP contribution >= 0.6 is 0 Å². The molecule has 1 aliphatic heterocycles. The third kappa shape index (κ3) is 2.24. The highest BCUT2D eigenvalue weighted by Gasteiger charge is 2.19. The number of rotatable bonds is 2. The van der Waals surface area contributed by atoms with Crippen LogP contribution < -0.4 is 4.90 Å². The molecule has 1 saturated carbocycles. The average molecular weight is 233 g/mol. The molecule has 2 fully saturated rings. The third-order valence-corrected chi connectivity index (χ3v) is 3.04. The summed E-state index contributed by atoms with van der Waals surface area (Å²) in [4.78, 5) is 10.7. The molecule has 0 radical (unpaired) electrons. The van der Waals surface area contributed by atoms with Crippen molar-refractivity contribution in [1.82, 2.24) is 9.97 Å². The van der Waals surface area contributed by atoms with Crippen LogP contribution in [0.4, 0.5) is 5.95 Å². The number of aliphatic hydroxyl groups excluding tert-OH is 1. The highest BCUT2D eigenvalue weighted by molar-refractivity contribution is 5.63. The third-order valence-electron chi connectivity index (χ3n) is 3.04. The zero-order valence-corrected chi connectivity index (χ0v) is 9.59. The Bertz CT molecular complexity index is 430. The van der Waals surface area contributed by atoms with E-state index in [1.807, 2.05) is 0 Å². The molecular formula is C12H15N3O2. The van der Waals surface area contributed by atoms with Crippen molar-refractivity contribution in [2.45, 2.75) is 12.8 Å². The molecule has 1 aromatic rings. The molecule has 5 nitrogen and oxygen atoms in total. The first-order valence-electron chi connectivity index (χ1n) is 5.91. The number of nitrogens with zero attached hydrogens (tertiary/aromatic N) is 3. The smallest absolute Gasteiger partial charge is 0.225 e. The fourth-order valence-corrected chi connectivity index (χ4v) is 1.87. The summed E-state index contributed by atoms with van der Waals surface area (Å²) in [7, 11) is 0. The van der Waals surface area contributed by atoms with Crippen LogP contribution in [-0.4, -0.2) is 41.4 Å². The standard InChI is InChI=1S/C12H15N3O2/c16-11(9-1-2-9)10-7-13-12(14-8-10)15-3-5-17-6-4-15/h7-8,16H,1-6H2. The fraction of sp³-hybridized carbons (Fsp3) is 0.500. The second-order valence-corrected chi connectivity index (χ2v) is 4.32. The number of allylic oxidation sites excluding steroid dienone is 1. The zero-order valence-electron chi connectivity index (χ0n) is 9.59. The van der Waals surface area contributed by atoms with Crippen LogP contribution in [-0.2, 0) is 4.74 Å². The van der Waals surface area contributed by atoms with Gasteiger partial charge < -0.3 is 14.7 Å². The lowest BCUT2D eigenvalue weighted by Crippen LogP contribution is -2.37. The molecule has 0 atom stereocenters. The molecule has 0 spiro atoms. The Balaban J connectivity index is 1.77. The first kappa shape index (κ1) is 10.5. The van der Waals surface area contributed by atoms with Crippen LogP contribution in [0.25, 0.3) is 5.76 Å². The Kier molecular flexibility index (Phi) is 2.68. The molecule has 1 saturated heterocycles. The van der Waals surface area contributed by atoms with E-state index in [0.29, 0.717) is 11.7 Å². The summed E-state index contributed by atoms with van der Waals surface area (Å²) < 4.78 is 5.28. The van der Waals surface area contributed by atoms with E-state index in [9.17, 15) is 5.11 Å². The summed E-state index contributed by atoms with van der Waals surface area (Å²) in [5.74, 6) is 1.07. The molecule has 2 heterocycles. The quantitative estimate of drug-likeness (QED) is 0.782. The Labute approximate surface area is 99.8 Å². The molecule has 1 aliphatic carbocycles. The maximum absolute atomic E-state index is 9.83. The second kappa shape index (κ2) is 4.33. The van der Waals surface area contributed by atoms with Crippen LogP contribution in [0.1, 0.15) is 18.4 Å². The minimum absolute atomic E-state index is 0.360. The Hall–Kier alpha value is -1.62. The van der Waals surface area contributed by atoms with E-state index >= 15 is 0 Å². The minimum atomic E-state index is 0.360. The van der Waals surface area contributed by atoms with E-state index < -0.39 is 0 Å². The topological polar surface area (TPSA) is 58.5 Å². The summed E-state index contributed by atoms with van der Waals surface area (Å²) in [5, 5.41) is 9.83. The van der Waals surface area contributed by atoms with Gasteiger partial charge in [0, 0.05) is 25.5 Å². The van der Waals surface area contributed by atoms with E-state index in [-0.39, 0.29) is 0 Å². The largest absolute Gasteiger partial charge is 0.507 e. The van der Waals surface area contributed by atoms with Crippen molar-refractivity contribution in [3.8, 4) is 0 Å². The SMILES string of the molecule is OC(=C1CC1)c1cnc(N2CCOCC2)nc1. The first-order chi connectivity index (χ1) is 8.34. The van der Waals surface area contributed by atoms with Gasteiger partial charge in [-0.15, -0.1) is 0 Å². The number of aliphatic hydroxyl groups is 1. The molecule has 17 heavy (non-hydrogen) atoms. The van der Waals surface area contributed by atoms with E-state index in [1.54, 1.807) is 12.4 Å². The molecule has 1 aromatic heterocycles. The van der Waals surface area contributed by atoms with Crippen molar-refractivity contribution in [1.29, 1.82) is 0 Å². The van der Waals surface area contributed by atoms with Crippen molar-refractivity contribution in [3.63, 3.8) is 0 Å². The molecule has 1 N–H and O–H groups in total. The summed E-state index contributed by atoms with van der Waals surface area (Å²) >= 11 is 0. The maximum Gasteiger partial charge on any atom is 0.225 e. The second-order valence-electron chi connectivity index (χ2n) is 4.32. The number of ether oxygens (including phenoxy) is 1. The summed E-state index contributed by atoms with van der Waals surface area (Å²) in [5.41, 5.74) is 1.82. The van der Waals surface area contributed by atoms with E-state index in [0.717, 1.165) is 50.3 Å². The number of hydrogen-bond acceptors (Lipinski definition) is 5. The molecule has 0 bridgehead atoms. The maximum atomic E-state index is 9.83. The lowest BCUT2D eigenvalue weighted by atomic mass is 10.2. The molecule has 2 aliphatic rings. The minimum Gasteiger partial charge on any atom is -0.507 e. The van der Waals surface area contributed by atoms with Crippen molar-refractivity contribution in [3.05, 3.63) is 23.5 Å². The Morgan fingerprint density at radius 1 is 1.18 bits per heavy atom. The lowest BCUT2D eigenvalue weighted by Gasteiger charge is -2.26. The highest BCUT2D eigenvalue weighted by Crippen LogP contribution is 2.34. The van der Waals surface area contributed by atoms with Gasteiger partial charge in [0.15, 0.2) is 0 Å². The van der Waals surface area contributed by atoms with E-state index in [1.165, 1.54) is 0 Å². The fourth-order valence-electron chi connectivity index (χ4n) is 1.87. The summed E-state index contributed by atoms with van der Waals surface area (Å²) in [6.45, 7) is 3.10. The van der Waals surface area contributed by atoms with Gasteiger partial charge in [0.25, 0.3) is 0 Å². The molecule has 0 amide bonds. The van der Waals surface area contributed by atoms with Crippen molar-refractivity contribution < 1.29 is 9.84 Å². The summed E-state index contributed by atoms with van der Waals surface area (Å²) in [6, 6.07) is 0. The van der Waals surface area contributed by atoms with E-state index in [2.05, 4.69) is 14.9 Å². The number of anilines is 1. The number of hydrogen-bond donors (Lipinski definition) is 1. The van der Waals surface area contributed by atoms with Crippen LogP contribution in [0.15, 0.2) is 18.0 Å². The molecular weight excluding hydrogens is 218 g/mol. The Morgan fingerprint density at radius 2 is 1.82 bits per heavy atom. The summed E-state index contributed by atoms with van der Waals surface area (Å²) in [6.07, 6.45) is 5.38. The van der Waals surface area contributed by atoms with Gasteiger partial charge in [-0.1, -0.05) is 0 Å². The van der Waals surface area contributed by atoms with E-state index in [4.69, 9.17) is 4.74 Å². The predicted molar refractivity (Wildman–Crippen MR) is 63.8 cm³/mol.